The Balaban J connectivity index is 2.14. The summed E-state index contributed by atoms with van der Waals surface area (Å²) in [5.74, 6) is 0.909. The van der Waals surface area contributed by atoms with Crippen LogP contribution in [0.4, 0.5) is 0 Å². The van der Waals surface area contributed by atoms with Gasteiger partial charge in [0.1, 0.15) is 6.04 Å². The van der Waals surface area contributed by atoms with Gasteiger partial charge in [-0.2, -0.15) is 0 Å². The molecule has 1 aliphatic heterocycles. The van der Waals surface area contributed by atoms with Gasteiger partial charge in [-0.15, -0.1) is 0 Å². The molecule has 2 fully saturated rings. The van der Waals surface area contributed by atoms with E-state index in [0.29, 0.717) is 18.9 Å². The van der Waals surface area contributed by atoms with Crippen molar-refractivity contribution in [2.24, 2.45) is 11.8 Å². The first-order valence-electron chi connectivity index (χ1n) is 6.60. The number of nitrogens with one attached hydrogen (secondary N) is 1. The molecule has 96 valence electrons. The smallest absolute Gasteiger partial charge is 0.245 e. The maximum atomic E-state index is 12.4. The minimum Gasteiger partial charge on any atom is -0.344 e. The fourth-order valence-corrected chi connectivity index (χ4v) is 2.51. The second kappa shape index (κ2) is 4.67. The Labute approximate surface area is 103 Å². The van der Waals surface area contributed by atoms with Gasteiger partial charge in [0.2, 0.25) is 11.8 Å². The van der Waals surface area contributed by atoms with Crippen LogP contribution in [-0.2, 0) is 9.59 Å². The lowest BCUT2D eigenvalue weighted by Crippen LogP contribution is -2.50. The van der Waals surface area contributed by atoms with E-state index in [-0.39, 0.29) is 29.8 Å². The molecular weight excluding hydrogens is 216 g/mol. The molecule has 4 nitrogen and oxygen atoms in total. The monoisotopic (exact) mass is 238 g/mol. The van der Waals surface area contributed by atoms with Crippen molar-refractivity contribution in [3.63, 3.8) is 0 Å². The van der Waals surface area contributed by atoms with Crippen LogP contribution in [0.2, 0.25) is 0 Å². The van der Waals surface area contributed by atoms with Crippen molar-refractivity contribution in [3.8, 4) is 0 Å². The maximum absolute atomic E-state index is 12.4. The third-order valence-electron chi connectivity index (χ3n) is 3.91. The van der Waals surface area contributed by atoms with E-state index >= 15 is 0 Å². The minimum absolute atomic E-state index is 0.00236. The van der Waals surface area contributed by atoms with Gasteiger partial charge in [-0.05, 0) is 31.6 Å². The largest absolute Gasteiger partial charge is 0.344 e. The summed E-state index contributed by atoms with van der Waals surface area (Å²) in [4.78, 5) is 25.9. The van der Waals surface area contributed by atoms with Gasteiger partial charge in [-0.25, -0.2) is 0 Å². The van der Waals surface area contributed by atoms with Crippen molar-refractivity contribution in [1.82, 2.24) is 10.2 Å². The number of nitrogens with zero attached hydrogens (tertiary/aromatic N) is 1. The molecular formula is C13H22N2O2. The number of amides is 2. The van der Waals surface area contributed by atoms with Crippen LogP contribution in [0.25, 0.3) is 0 Å². The standard InChI is InChI=1S/C13H22N2O2/c1-8(2)12-13(17)15(7-6-11(16)14-12)9(3)10-4-5-10/h8-10,12H,4-7H2,1-3H3,(H,14,16). The van der Waals surface area contributed by atoms with Gasteiger partial charge in [0.25, 0.3) is 0 Å². The normalized spacial score (nSPS) is 28.0. The van der Waals surface area contributed by atoms with Gasteiger partial charge >= 0.3 is 0 Å². The fourth-order valence-electron chi connectivity index (χ4n) is 2.51. The minimum atomic E-state index is -0.341. The number of carbonyl (C=O) groups excluding carboxylic acids is 2. The molecule has 0 radical (unpaired) electrons. The molecule has 2 aliphatic rings. The molecule has 0 aromatic carbocycles. The summed E-state index contributed by atoms with van der Waals surface area (Å²) in [5, 5.41) is 2.84. The van der Waals surface area contributed by atoms with Gasteiger partial charge in [-0.1, -0.05) is 13.8 Å². The highest BCUT2D eigenvalue weighted by Crippen LogP contribution is 2.35. The molecule has 1 aliphatic carbocycles. The molecule has 1 heterocycles. The van der Waals surface area contributed by atoms with Gasteiger partial charge in [-0.3, -0.25) is 9.59 Å². The van der Waals surface area contributed by atoms with E-state index in [9.17, 15) is 9.59 Å². The van der Waals surface area contributed by atoms with Crippen LogP contribution < -0.4 is 5.32 Å². The van der Waals surface area contributed by atoms with Crippen molar-refractivity contribution in [1.29, 1.82) is 0 Å². The zero-order valence-electron chi connectivity index (χ0n) is 10.9. The Morgan fingerprint density at radius 1 is 1.24 bits per heavy atom. The SMILES string of the molecule is CC(C)C1NC(=O)CCN(C(C)C2CC2)C1=O. The molecule has 0 aromatic rings. The quantitative estimate of drug-likeness (QED) is 0.802. The predicted octanol–water partition coefficient (Wildman–Crippen LogP) is 1.16. The van der Waals surface area contributed by atoms with Crippen molar-refractivity contribution in [2.45, 2.75) is 52.1 Å². The molecule has 0 bridgehead atoms. The zero-order chi connectivity index (χ0) is 12.6. The lowest BCUT2D eigenvalue weighted by molar-refractivity contribution is -0.136. The lowest BCUT2D eigenvalue weighted by Gasteiger charge is -2.31. The van der Waals surface area contributed by atoms with Crippen molar-refractivity contribution in [3.05, 3.63) is 0 Å². The maximum Gasteiger partial charge on any atom is 0.245 e. The van der Waals surface area contributed by atoms with Crippen LogP contribution in [-0.4, -0.2) is 35.3 Å². The van der Waals surface area contributed by atoms with Crippen LogP contribution in [0.3, 0.4) is 0 Å². The van der Waals surface area contributed by atoms with Crippen molar-refractivity contribution < 1.29 is 9.59 Å². The van der Waals surface area contributed by atoms with Gasteiger partial charge < -0.3 is 10.2 Å². The third kappa shape index (κ3) is 2.61. The second-order valence-corrected chi connectivity index (χ2v) is 5.65. The molecule has 2 unspecified atom stereocenters. The first kappa shape index (κ1) is 12.4. The van der Waals surface area contributed by atoms with Gasteiger partial charge in [0.15, 0.2) is 0 Å². The lowest BCUT2D eigenvalue weighted by atomic mass is 10.0. The highest BCUT2D eigenvalue weighted by molar-refractivity contribution is 5.90. The van der Waals surface area contributed by atoms with Crippen molar-refractivity contribution >= 4 is 11.8 Å². The summed E-state index contributed by atoms with van der Waals surface area (Å²) < 4.78 is 0. The topological polar surface area (TPSA) is 49.4 Å². The van der Waals surface area contributed by atoms with Gasteiger partial charge in [0.05, 0.1) is 0 Å². The van der Waals surface area contributed by atoms with E-state index in [0.717, 1.165) is 0 Å². The fraction of sp³-hybridized carbons (Fsp3) is 0.846. The Bertz CT molecular complexity index is 323. The second-order valence-electron chi connectivity index (χ2n) is 5.65. The molecule has 0 spiro atoms. The molecule has 2 atom stereocenters. The summed E-state index contributed by atoms with van der Waals surface area (Å²) in [6.45, 7) is 6.65. The zero-order valence-corrected chi connectivity index (χ0v) is 10.9. The average molecular weight is 238 g/mol. The Morgan fingerprint density at radius 3 is 2.41 bits per heavy atom. The number of hydrogen-bond acceptors (Lipinski definition) is 2. The van der Waals surface area contributed by atoms with Gasteiger partial charge in [0, 0.05) is 19.0 Å². The Morgan fingerprint density at radius 2 is 1.88 bits per heavy atom. The predicted molar refractivity (Wildman–Crippen MR) is 65.3 cm³/mol. The first-order chi connectivity index (χ1) is 8.00. The molecule has 2 amide bonds. The Hall–Kier alpha value is -1.06. The molecule has 17 heavy (non-hydrogen) atoms. The van der Waals surface area contributed by atoms with Crippen LogP contribution in [0.1, 0.15) is 40.0 Å². The van der Waals surface area contributed by atoms with E-state index in [1.54, 1.807) is 0 Å². The number of rotatable bonds is 3. The molecule has 1 saturated carbocycles. The van der Waals surface area contributed by atoms with Crippen LogP contribution >= 0.6 is 0 Å². The molecule has 2 rings (SSSR count). The molecule has 4 heteroatoms. The third-order valence-corrected chi connectivity index (χ3v) is 3.91. The van der Waals surface area contributed by atoms with E-state index in [4.69, 9.17) is 0 Å². The highest BCUT2D eigenvalue weighted by Gasteiger charge is 2.39. The summed E-state index contributed by atoms with van der Waals surface area (Å²) in [6, 6.07) is -0.0531. The molecule has 1 N–H and O–H groups in total. The van der Waals surface area contributed by atoms with E-state index in [1.807, 2.05) is 18.7 Å². The highest BCUT2D eigenvalue weighted by atomic mass is 16.2. The number of carbonyl (C=O) groups is 2. The summed E-state index contributed by atoms with van der Waals surface area (Å²) in [7, 11) is 0. The van der Waals surface area contributed by atoms with E-state index < -0.39 is 0 Å². The van der Waals surface area contributed by atoms with E-state index in [1.165, 1.54) is 12.8 Å². The van der Waals surface area contributed by atoms with Crippen LogP contribution in [0.15, 0.2) is 0 Å². The Kier molecular flexibility index (Phi) is 3.40. The molecule has 0 aromatic heterocycles. The first-order valence-corrected chi connectivity index (χ1v) is 6.60. The van der Waals surface area contributed by atoms with Crippen LogP contribution in [0.5, 0.6) is 0 Å². The number of hydrogen-bond donors (Lipinski definition) is 1. The summed E-state index contributed by atoms with van der Waals surface area (Å²) in [6.07, 6.45) is 2.88. The molecule has 1 saturated heterocycles. The van der Waals surface area contributed by atoms with Crippen molar-refractivity contribution in [2.75, 3.05) is 6.54 Å². The van der Waals surface area contributed by atoms with Crippen LogP contribution in [0, 0.1) is 11.8 Å². The average Bonchev–Trinajstić information content (AvgIpc) is 3.07. The van der Waals surface area contributed by atoms with E-state index in [2.05, 4.69) is 12.2 Å². The summed E-state index contributed by atoms with van der Waals surface area (Å²) in [5.41, 5.74) is 0. The summed E-state index contributed by atoms with van der Waals surface area (Å²) >= 11 is 0.